The van der Waals surface area contributed by atoms with E-state index in [1.54, 1.807) is 4.90 Å². The van der Waals surface area contributed by atoms with Gasteiger partial charge in [-0.2, -0.15) is 4.37 Å². The van der Waals surface area contributed by atoms with Crippen molar-refractivity contribution in [2.45, 2.75) is 26.4 Å². The third-order valence-corrected chi connectivity index (χ3v) is 4.87. The van der Waals surface area contributed by atoms with Crippen molar-refractivity contribution in [1.82, 2.24) is 29.0 Å². The summed E-state index contributed by atoms with van der Waals surface area (Å²) < 4.78 is 19.3. The molecule has 0 fully saturated rings. The molecule has 3 aromatic rings. The Balaban J connectivity index is 1.61. The molecule has 0 atom stereocenters. The van der Waals surface area contributed by atoms with Gasteiger partial charge in [-0.25, -0.2) is 9.37 Å². The minimum absolute atomic E-state index is 0.134. The molecule has 0 saturated carbocycles. The molecule has 0 N–H and O–H groups in total. The summed E-state index contributed by atoms with van der Waals surface area (Å²) in [7, 11) is 0. The van der Waals surface area contributed by atoms with Gasteiger partial charge in [-0.05, 0) is 49.1 Å². The number of amides is 1. The van der Waals surface area contributed by atoms with Crippen LogP contribution in [0.25, 0.3) is 10.8 Å². The number of fused-ring (bicyclic) bond motifs is 1. The maximum atomic E-state index is 13.1. The second kappa shape index (κ2) is 6.32. The molecule has 7 nitrogen and oxygen atoms in total. The number of hydrogen-bond acceptors (Lipinski definition) is 6. The Hall–Kier alpha value is -2.68. The van der Waals surface area contributed by atoms with Crippen molar-refractivity contribution in [1.29, 1.82) is 0 Å². The monoisotopic (exact) mass is 358 g/mol. The summed E-state index contributed by atoms with van der Waals surface area (Å²) in [5.41, 5.74) is 0.467. The fourth-order valence-corrected chi connectivity index (χ4v) is 3.52. The average molecular weight is 358 g/mol. The van der Waals surface area contributed by atoms with Crippen LogP contribution in [0.3, 0.4) is 0 Å². The summed E-state index contributed by atoms with van der Waals surface area (Å²) in [6, 6.07) is 5.60. The third-order valence-electron chi connectivity index (χ3n) is 4.07. The summed E-state index contributed by atoms with van der Waals surface area (Å²) >= 11 is 1.29. The molecule has 0 saturated heterocycles. The van der Waals surface area contributed by atoms with E-state index in [0.717, 1.165) is 17.3 Å². The topological polar surface area (TPSA) is 76.8 Å². The molecule has 25 heavy (non-hydrogen) atoms. The van der Waals surface area contributed by atoms with Crippen LogP contribution >= 0.6 is 11.5 Å². The highest BCUT2D eigenvalue weighted by Gasteiger charge is 2.25. The summed E-state index contributed by atoms with van der Waals surface area (Å²) in [5.74, 6) is 1.63. The Morgan fingerprint density at radius 1 is 1.20 bits per heavy atom. The van der Waals surface area contributed by atoms with Crippen molar-refractivity contribution in [3.8, 4) is 10.8 Å². The Kier molecular flexibility index (Phi) is 4.00. The molecule has 0 unspecified atom stereocenters. The lowest BCUT2D eigenvalue weighted by molar-refractivity contribution is 0.0743. The Labute approximate surface area is 147 Å². The van der Waals surface area contributed by atoms with Gasteiger partial charge in [0.1, 0.15) is 11.6 Å². The van der Waals surface area contributed by atoms with Gasteiger partial charge in [-0.15, -0.1) is 10.2 Å². The SMILES string of the molecule is Cc1nsc(-c2nnc3n2CCCN(C(=O)c2ccc(F)cc2)C3)n1. The molecule has 1 aliphatic heterocycles. The van der Waals surface area contributed by atoms with E-state index < -0.39 is 0 Å². The molecule has 0 spiro atoms. The third kappa shape index (κ3) is 3.02. The zero-order valence-electron chi connectivity index (χ0n) is 13.5. The van der Waals surface area contributed by atoms with Crippen LogP contribution in [0.4, 0.5) is 4.39 Å². The first-order valence-electron chi connectivity index (χ1n) is 7.89. The first-order valence-corrected chi connectivity index (χ1v) is 8.67. The first kappa shape index (κ1) is 15.8. The van der Waals surface area contributed by atoms with E-state index in [0.29, 0.717) is 36.8 Å². The largest absolute Gasteiger partial charge is 0.331 e. The van der Waals surface area contributed by atoms with Gasteiger partial charge in [0.2, 0.25) is 0 Å². The summed E-state index contributed by atoms with van der Waals surface area (Å²) in [6.45, 7) is 3.52. The van der Waals surface area contributed by atoms with E-state index in [9.17, 15) is 9.18 Å². The summed E-state index contributed by atoms with van der Waals surface area (Å²) in [6.07, 6.45) is 0.781. The van der Waals surface area contributed by atoms with Gasteiger partial charge >= 0.3 is 0 Å². The van der Waals surface area contributed by atoms with E-state index in [1.807, 2.05) is 11.5 Å². The normalized spacial score (nSPS) is 14.2. The number of halogens is 1. The smallest absolute Gasteiger partial charge is 0.254 e. The van der Waals surface area contributed by atoms with Gasteiger partial charge in [0, 0.05) is 18.7 Å². The van der Waals surface area contributed by atoms with Crippen LogP contribution in [-0.4, -0.2) is 41.5 Å². The predicted molar refractivity (Wildman–Crippen MR) is 89.4 cm³/mol. The van der Waals surface area contributed by atoms with E-state index in [2.05, 4.69) is 19.6 Å². The summed E-state index contributed by atoms with van der Waals surface area (Å²) in [5, 5.41) is 9.21. The molecular weight excluding hydrogens is 343 g/mol. The van der Waals surface area contributed by atoms with Gasteiger partial charge < -0.3 is 9.47 Å². The maximum absolute atomic E-state index is 13.1. The van der Waals surface area contributed by atoms with E-state index >= 15 is 0 Å². The molecule has 4 rings (SSSR count). The van der Waals surface area contributed by atoms with Crippen molar-refractivity contribution in [3.05, 3.63) is 47.3 Å². The first-order chi connectivity index (χ1) is 12.1. The number of benzene rings is 1. The number of nitrogens with zero attached hydrogens (tertiary/aromatic N) is 6. The molecule has 3 heterocycles. The van der Waals surface area contributed by atoms with Crippen LogP contribution in [-0.2, 0) is 13.1 Å². The van der Waals surface area contributed by atoms with Crippen molar-refractivity contribution in [2.75, 3.05) is 6.54 Å². The standard InChI is InChI=1S/C16H15FN6OS/c1-10-18-15(25-21-10)14-20-19-13-9-22(7-2-8-23(13)14)16(24)11-3-5-12(17)6-4-11/h3-6H,2,7-9H2,1H3. The van der Waals surface area contributed by atoms with Crippen LogP contribution in [0.2, 0.25) is 0 Å². The molecule has 9 heteroatoms. The average Bonchev–Trinajstić information content (AvgIpc) is 3.14. The number of rotatable bonds is 2. The van der Waals surface area contributed by atoms with E-state index in [1.165, 1.54) is 35.8 Å². The number of aryl methyl sites for hydroxylation is 1. The molecule has 1 amide bonds. The fraction of sp³-hybridized carbons (Fsp3) is 0.312. The lowest BCUT2D eigenvalue weighted by atomic mass is 10.2. The van der Waals surface area contributed by atoms with Gasteiger partial charge in [0.25, 0.3) is 5.91 Å². The van der Waals surface area contributed by atoms with Crippen LogP contribution < -0.4 is 0 Å². The molecule has 1 aromatic carbocycles. The number of carbonyl (C=O) groups is 1. The highest BCUT2D eigenvalue weighted by atomic mass is 32.1. The molecule has 1 aliphatic rings. The van der Waals surface area contributed by atoms with Gasteiger partial charge in [0.05, 0.1) is 6.54 Å². The maximum Gasteiger partial charge on any atom is 0.254 e. The molecular formula is C16H15FN6OS. The van der Waals surface area contributed by atoms with Crippen molar-refractivity contribution in [3.63, 3.8) is 0 Å². The molecule has 0 aliphatic carbocycles. The van der Waals surface area contributed by atoms with Crippen molar-refractivity contribution < 1.29 is 9.18 Å². The highest BCUT2D eigenvalue weighted by molar-refractivity contribution is 7.09. The van der Waals surface area contributed by atoms with Crippen molar-refractivity contribution >= 4 is 17.4 Å². The lowest BCUT2D eigenvalue weighted by Gasteiger charge is -2.19. The number of carbonyl (C=O) groups excluding carboxylic acids is 1. The van der Waals surface area contributed by atoms with E-state index in [4.69, 9.17) is 0 Å². The lowest BCUT2D eigenvalue weighted by Crippen LogP contribution is -2.31. The van der Waals surface area contributed by atoms with Crippen LogP contribution in [0.1, 0.15) is 28.4 Å². The quantitative estimate of drug-likeness (QED) is 0.702. The number of hydrogen-bond donors (Lipinski definition) is 0. The summed E-state index contributed by atoms with van der Waals surface area (Å²) in [4.78, 5) is 18.8. The van der Waals surface area contributed by atoms with Crippen LogP contribution in [0.5, 0.6) is 0 Å². The van der Waals surface area contributed by atoms with Crippen LogP contribution in [0, 0.1) is 12.7 Å². The fourth-order valence-electron chi connectivity index (χ4n) is 2.85. The Bertz CT molecular complexity index is 919. The minimum atomic E-state index is -0.357. The molecule has 2 aromatic heterocycles. The highest BCUT2D eigenvalue weighted by Crippen LogP contribution is 2.23. The molecule has 128 valence electrons. The number of aromatic nitrogens is 5. The molecule has 0 radical (unpaired) electrons. The van der Waals surface area contributed by atoms with Gasteiger partial charge in [-0.3, -0.25) is 4.79 Å². The van der Waals surface area contributed by atoms with Crippen molar-refractivity contribution in [2.24, 2.45) is 0 Å². The zero-order chi connectivity index (χ0) is 17.4. The van der Waals surface area contributed by atoms with Gasteiger partial charge in [0.15, 0.2) is 16.7 Å². The minimum Gasteiger partial charge on any atom is -0.331 e. The van der Waals surface area contributed by atoms with Crippen LogP contribution in [0.15, 0.2) is 24.3 Å². The second-order valence-corrected chi connectivity index (χ2v) is 6.58. The Morgan fingerprint density at radius 2 is 2.00 bits per heavy atom. The van der Waals surface area contributed by atoms with Gasteiger partial charge in [-0.1, -0.05) is 0 Å². The Morgan fingerprint density at radius 3 is 2.72 bits per heavy atom. The second-order valence-electron chi connectivity index (χ2n) is 5.83. The predicted octanol–water partition coefficient (Wildman–Crippen LogP) is 2.29. The zero-order valence-corrected chi connectivity index (χ0v) is 14.3. The molecule has 0 bridgehead atoms. The van der Waals surface area contributed by atoms with E-state index in [-0.39, 0.29) is 11.7 Å².